The molecule has 1 aromatic carbocycles. The van der Waals surface area contributed by atoms with Gasteiger partial charge in [-0.2, -0.15) is 0 Å². The Morgan fingerprint density at radius 2 is 1.91 bits per heavy atom. The zero-order valence-electron chi connectivity index (χ0n) is 17.7. The Balaban J connectivity index is 1.55. The molecule has 8 N–H and O–H groups in total. The van der Waals surface area contributed by atoms with E-state index in [9.17, 15) is 15.0 Å². The minimum absolute atomic E-state index is 0.160. The molecule has 0 bridgehead atoms. The number of nitrogen functional groups attached to an aromatic ring is 1. The number of anilines is 1. The standard InChI is InChI=1S/C21H27N7O5/c22-12(21(31)32)6-7-13(24-8-11-4-2-1-3-5-11)17-15(29)16(30)20(33-17)28-10-27-14-18(23)25-9-26-19(14)28/h1-5,9-10,12-13,15-17,20,24,29-30H,6-8,22H2,(H,31,32)(H2,23,25,26)/t12-,13-,15?,16-,17+,20+/m0/s1. The van der Waals surface area contributed by atoms with Crippen molar-refractivity contribution < 1.29 is 24.9 Å². The summed E-state index contributed by atoms with van der Waals surface area (Å²) in [4.78, 5) is 23.5. The second kappa shape index (κ2) is 9.77. The highest BCUT2D eigenvalue weighted by molar-refractivity contribution is 5.81. The molecule has 3 heterocycles. The lowest BCUT2D eigenvalue weighted by molar-refractivity contribution is -0.138. The van der Waals surface area contributed by atoms with E-state index in [1.165, 1.54) is 17.2 Å². The summed E-state index contributed by atoms with van der Waals surface area (Å²) in [5, 5.41) is 34.1. The number of carbonyl (C=O) groups is 1. The lowest BCUT2D eigenvalue weighted by Crippen LogP contribution is -2.47. The summed E-state index contributed by atoms with van der Waals surface area (Å²) in [6.07, 6.45) is -1.18. The number of nitrogens with zero attached hydrogens (tertiary/aromatic N) is 4. The number of fused-ring (bicyclic) bond motifs is 1. The third kappa shape index (κ3) is 4.79. The van der Waals surface area contributed by atoms with Crippen molar-refractivity contribution in [1.82, 2.24) is 24.8 Å². The summed E-state index contributed by atoms with van der Waals surface area (Å²) < 4.78 is 7.59. The van der Waals surface area contributed by atoms with Gasteiger partial charge in [-0.1, -0.05) is 30.3 Å². The van der Waals surface area contributed by atoms with Crippen LogP contribution in [-0.4, -0.2) is 71.2 Å². The van der Waals surface area contributed by atoms with Crippen molar-refractivity contribution in [2.24, 2.45) is 5.73 Å². The monoisotopic (exact) mass is 457 g/mol. The van der Waals surface area contributed by atoms with Crippen LogP contribution in [0.1, 0.15) is 24.6 Å². The van der Waals surface area contributed by atoms with Gasteiger partial charge in [0, 0.05) is 12.6 Å². The van der Waals surface area contributed by atoms with Crippen LogP contribution in [0.3, 0.4) is 0 Å². The van der Waals surface area contributed by atoms with Gasteiger partial charge in [0.1, 0.15) is 36.2 Å². The minimum atomic E-state index is -1.28. The normalized spacial score (nSPS) is 24.7. The highest BCUT2D eigenvalue weighted by Gasteiger charge is 2.47. The smallest absolute Gasteiger partial charge is 0.320 e. The highest BCUT2D eigenvalue weighted by Crippen LogP contribution is 2.34. The summed E-state index contributed by atoms with van der Waals surface area (Å²) in [6, 6.07) is 8.07. The van der Waals surface area contributed by atoms with Crippen molar-refractivity contribution in [3.05, 3.63) is 48.5 Å². The number of nitrogens with two attached hydrogens (primary N) is 2. The van der Waals surface area contributed by atoms with Gasteiger partial charge >= 0.3 is 5.97 Å². The fraction of sp³-hybridized carbons (Fsp3) is 0.429. The molecule has 1 saturated heterocycles. The maximum Gasteiger partial charge on any atom is 0.320 e. The van der Waals surface area contributed by atoms with E-state index in [4.69, 9.17) is 21.3 Å². The number of nitrogens with one attached hydrogen (secondary N) is 1. The van der Waals surface area contributed by atoms with E-state index in [-0.39, 0.29) is 12.2 Å². The molecule has 3 aromatic rings. The molecule has 0 saturated carbocycles. The molecule has 176 valence electrons. The number of aliphatic hydroxyl groups is 2. The molecule has 1 aliphatic rings. The highest BCUT2D eigenvalue weighted by atomic mass is 16.6. The molecule has 2 aromatic heterocycles. The minimum Gasteiger partial charge on any atom is -0.480 e. The van der Waals surface area contributed by atoms with Crippen molar-refractivity contribution >= 4 is 23.0 Å². The Hall–Kier alpha value is -3.16. The van der Waals surface area contributed by atoms with Crippen LogP contribution in [0.25, 0.3) is 11.2 Å². The molecule has 1 fully saturated rings. The van der Waals surface area contributed by atoms with E-state index in [0.717, 1.165) is 5.56 Å². The molecule has 0 radical (unpaired) electrons. The van der Waals surface area contributed by atoms with Gasteiger partial charge in [0.15, 0.2) is 17.7 Å². The summed E-state index contributed by atoms with van der Waals surface area (Å²) in [7, 11) is 0. The maximum absolute atomic E-state index is 11.2. The molecule has 33 heavy (non-hydrogen) atoms. The topological polar surface area (TPSA) is 195 Å². The van der Waals surface area contributed by atoms with Crippen LogP contribution in [0.4, 0.5) is 5.82 Å². The Bertz CT molecular complexity index is 1100. The summed E-state index contributed by atoms with van der Waals surface area (Å²) in [5.74, 6) is -0.918. The van der Waals surface area contributed by atoms with Crippen LogP contribution in [0.2, 0.25) is 0 Å². The average molecular weight is 457 g/mol. The number of ether oxygens (including phenoxy) is 1. The molecule has 12 nitrogen and oxygen atoms in total. The number of hydrogen-bond donors (Lipinski definition) is 6. The van der Waals surface area contributed by atoms with Crippen LogP contribution in [0.5, 0.6) is 0 Å². The summed E-state index contributed by atoms with van der Waals surface area (Å²) >= 11 is 0. The van der Waals surface area contributed by atoms with Crippen molar-refractivity contribution in [2.45, 2.75) is 56.0 Å². The van der Waals surface area contributed by atoms with Crippen LogP contribution in [0.15, 0.2) is 43.0 Å². The number of carboxylic acids is 1. The number of aromatic nitrogens is 4. The fourth-order valence-corrected chi connectivity index (χ4v) is 4.01. The molecule has 1 unspecified atom stereocenters. The number of carboxylic acid groups (broad SMARTS) is 1. The molecular formula is C21H27N7O5. The molecule has 6 atom stereocenters. The average Bonchev–Trinajstić information content (AvgIpc) is 3.36. The Morgan fingerprint density at radius 1 is 1.15 bits per heavy atom. The quantitative estimate of drug-likeness (QED) is 0.240. The fourth-order valence-electron chi connectivity index (χ4n) is 4.01. The zero-order chi connectivity index (χ0) is 23.5. The van der Waals surface area contributed by atoms with Crippen molar-refractivity contribution in [3.8, 4) is 0 Å². The number of imidazole rings is 1. The summed E-state index contributed by atoms with van der Waals surface area (Å²) in [6.45, 7) is 0.457. The number of aliphatic carboxylic acids is 1. The summed E-state index contributed by atoms with van der Waals surface area (Å²) in [5.41, 5.74) is 13.3. The molecular weight excluding hydrogens is 430 g/mol. The van der Waals surface area contributed by atoms with E-state index < -0.39 is 42.6 Å². The zero-order valence-corrected chi connectivity index (χ0v) is 17.7. The molecule has 4 rings (SSSR count). The number of rotatable bonds is 9. The van der Waals surface area contributed by atoms with Crippen LogP contribution in [-0.2, 0) is 16.1 Å². The van der Waals surface area contributed by atoms with E-state index in [1.807, 2.05) is 30.3 Å². The Morgan fingerprint density at radius 3 is 2.64 bits per heavy atom. The lowest BCUT2D eigenvalue weighted by Gasteiger charge is -2.27. The predicted molar refractivity (Wildman–Crippen MR) is 118 cm³/mol. The number of benzene rings is 1. The van der Waals surface area contributed by atoms with Crippen molar-refractivity contribution in [1.29, 1.82) is 0 Å². The van der Waals surface area contributed by atoms with Crippen LogP contribution < -0.4 is 16.8 Å². The van der Waals surface area contributed by atoms with Gasteiger partial charge in [-0.25, -0.2) is 15.0 Å². The SMILES string of the molecule is Nc1ncnc2c1ncn2[C@@H]1O[C@H]([C@H](CC[C@H](N)C(=O)O)NCc2ccccc2)C(O)[C@@H]1O. The Kier molecular flexibility index (Phi) is 6.81. The molecule has 0 aliphatic carbocycles. The van der Waals surface area contributed by atoms with E-state index in [0.29, 0.717) is 24.1 Å². The third-order valence-corrected chi connectivity index (χ3v) is 5.85. The number of hydrogen-bond acceptors (Lipinski definition) is 10. The van der Waals surface area contributed by atoms with E-state index in [2.05, 4.69) is 20.3 Å². The van der Waals surface area contributed by atoms with Gasteiger partial charge < -0.3 is 36.8 Å². The molecule has 0 amide bonds. The first kappa shape index (κ1) is 23.0. The first-order valence-electron chi connectivity index (χ1n) is 10.6. The maximum atomic E-state index is 11.2. The predicted octanol–water partition coefficient (Wildman–Crippen LogP) is -0.622. The van der Waals surface area contributed by atoms with Gasteiger partial charge in [-0.15, -0.1) is 0 Å². The van der Waals surface area contributed by atoms with Gasteiger partial charge in [-0.3, -0.25) is 9.36 Å². The van der Waals surface area contributed by atoms with Crippen LogP contribution in [0, 0.1) is 0 Å². The Labute approximate surface area is 189 Å². The van der Waals surface area contributed by atoms with Crippen molar-refractivity contribution in [2.75, 3.05) is 5.73 Å². The van der Waals surface area contributed by atoms with E-state index >= 15 is 0 Å². The second-order valence-corrected chi connectivity index (χ2v) is 8.05. The number of aliphatic hydroxyl groups excluding tert-OH is 2. The largest absolute Gasteiger partial charge is 0.480 e. The van der Waals surface area contributed by atoms with E-state index in [1.54, 1.807) is 0 Å². The lowest BCUT2D eigenvalue weighted by atomic mass is 9.97. The van der Waals surface area contributed by atoms with Gasteiger partial charge in [-0.05, 0) is 18.4 Å². The molecule has 1 aliphatic heterocycles. The third-order valence-electron chi connectivity index (χ3n) is 5.85. The van der Waals surface area contributed by atoms with Gasteiger partial charge in [0.25, 0.3) is 0 Å². The first-order valence-corrected chi connectivity index (χ1v) is 10.6. The first-order chi connectivity index (χ1) is 15.9. The van der Waals surface area contributed by atoms with Crippen LogP contribution >= 0.6 is 0 Å². The van der Waals surface area contributed by atoms with Crippen molar-refractivity contribution in [3.63, 3.8) is 0 Å². The molecule has 0 spiro atoms. The van der Waals surface area contributed by atoms with Gasteiger partial charge in [0.2, 0.25) is 0 Å². The molecule has 12 heteroatoms. The van der Waals surface area contributed by atoms with Gasteiger partial charge in [0.05, 0.1) is 6.33 Å². The second-order valence-electron chi connectivity index (χ2n) is 8.05.